The van der Waals surface area contributed by atoms with E-state index < -0.39 is 6.10 Å². The van der Waals surface area contributed by atoms with E-state index in [1.807, 2.05) is 49.6 Å². The van der Waals surface area contributed by atoms with Gasteiger partial charge in [0, 0.05) is 12.7 Å². The molecule has 3 atom stereocenters. The third-order valence-electron chi connectivity index (χ3n) is 3.85. The summed E-state index contributed by atoms with van der Waals surface area (Å²) in [6.07, 6.45) is 2.18. The van der Waals surface area contributed by atoms with Crippen LogP contribution < -0.4 is 10.6 Å². The molecule has 3 N–H and O–H groups in total. The van der Waals surface area contributed by atoms with Crippen LogP contribution >= 0.6 is 0 Å². The van der Waals surface area contributed by atoms with Crippen molar-refractivity contribution in [1.29, 1.82) is 0 Å². The molecule has 0 fully saturated rings. The van der Waals surface area contributed by atoms with E-state index in [0.29, 0.717) is 5.82 Å². The number of hydrogen-bond donors (Lipinski definition) is 3. The van der Waals surface area contributed by atoms with Gasteiger partial charge in [-0.2, -0.15) is 0 Å². The Bertz CT molecular complexity index is 627. The minimum atomic E-state index is -0.542. The summed E-state index contributed by atoms with van der Waals surface area (Å²) in [7, 11) is 0. The highest BCUT2D eigenvalue weighted by Gasteiger charge is 2.17. The van der Waals surface area contributed by atoms with Gasteiger partial charge < -0.3 is 15.7 Å². The maximum atomic E-state index is 11.9. The Labute approximate surface area is 129 Å². The number of nitrogens with zero attached hydrogens (tertiary/aromatic N) is 3. The van der Waals surface area contributed by atoms with E-state index in [4.69, 9.17) is 0 Å². The van der Waals surface area contributed by atoms with Crippen LogP contribution in [-0.4, -0.2) is 38.4 Å². The van der Waals surface area contributed by atoms with Gasteiger partial charge in [-0.15, -0.1) is 10.2 Å². The molecule has 2 heterocycles. The standard InChI is InChI=1S/C15H23N5O2/c1-4-10(2)12(21)9-16-15(22)17-11(3)14-19-18-13-7-5-6-8-20(13)14/h5-8,10-12,21H,4,9H2,1-3H3,(H2,16,17,22). The maximum Gasteiger partial charge on any atom is 0.315 e. The predicted octanol–water partition coefficient (Wildman–Crippen LogP) is 1.50. The number of carbonyl (C=O) groups is 1. The van der Waals surface area contributed by atoms with E-state index in [-0.39, 0.29) is 24.5 Å². The summed E-state index contributed by atoms with van der Waals surface area (Å²) in [6, 6.07) is 5.00. The Morgan fingerprint density at radius 3 is 2.86 bits per heavy atom. The van der Waals surface area contributed by atoms with E-state index in [0.717, 1.165) is 12.1 Å². The predicted molar refractivity (Wildman–Crippen MR) is 83.4 cm³/mol. The number of rotatable bonds is 6. The fourth-order valence-electron chi connectivity index (χ4n) is 2.14. The fourth-order valence-corrected chi connectivity index (χ4v) is 2.14. The highest BCUT2D eigenvalue weighted by molar-refractivity contribution is 5.74. The van der Waals surface area contributed by atoms with Crippen LogP contribution in [0.1, 0.15) is 39.1 Å². The summed E-state index contributed by atoms with van der Waals surface area (Å²) in [5.41, 5.74) is 0.735. The van der Waals surface area contributed by atoms with Gasteiger partial charge >= 0.3 is 6.03 Å². The molecule has 120 valence electrons. The van der Waals surface area contributed by atoms with E-state index in [2.05, 4.69) is 20.8 Å². The zero-order valence-corrected chi connectivity index (χ0v) is 13.2. The normalized spacial score (nSPS) is 15.3. The molecule has 0 saturated carbocycles. The molecule has 7 nitrogen and oxygen atoms in total. The van der Waals surface area contributed by atoms with Crippen molar-refractivity contribution in [2.24, 2.45) is 5.92 Å². The van der Waals surface area contributed by atoms with Crippen LogP contribution in [0.5, 0.6) is 0 Å². The number of carbonyl (C=O) groups excluding carboxylic acids is 1. The van der Waals surface area contributed by atoms with Crippen LogP contribution in [0.3, 0.4) is 0 Å². The average Bonchev–Trinajstić information content (AvgIpc) is 2.95. The number of urea groups is 1. The second-order valence-electron chi connectivity index (χ2n) is 5.52. The van der Waals surface area contributed by atoms with Crippen molar-refractivity contribution in [3.63, 3.8) is 0 Å². The molecule has 0 aliphatic heterocycles. The third-order valence-corrected chi connectivity index (χ3v) is 3.85. The Hall–Kier alpha value is -2.15. The highest BCUT2D eigenvalue weighted by Crippen LogP contribution is 2.11. The van der Waals surface area contributed by atoms with Crippen molar-refractivity contribution in [2.45, 2.75) is 39.3 Å². The molecule has 0 spiro atoms. The summed E-state index contributed by atoms with van der Waals surface area (Å²) in [6.45, 7) is 6.03. The van der Waals surface area contributed by atoms with Gasteiger partial charge in [0.25, 0.3) is 0 Å². The van der Waals surface area contributed by atoms with Gasteiger partial charge in [-0.3, -0.25) is 4.40 Å². The first-order chi connectivity index (χ1) is 10.5. The summed E-state index contributed by atoms with van der Waals surface area (Å²) in [4.78, 5) is 11.9. The lowest BCUT2D eigenvalue weighted by molar-refractivity contribution is 0.114. The van der Waals surface area contributed by atoms with Crippen LogP contribution in [0.25, 0.3) is 5.65 Å². The number of amides is 2. The monoisotopic (exact) mass is 305 g/mol. The number of hydrogen-bond acceptors (Lipinski definition) is 4. The quantitative estimate of drug-likeness (QED) is 0.754. The number of aromatic nitrogens is 3. The van der Waals surface area contributed by atoms with Crippen LogP contribution in [0, 0.1) is 5.92 Å². The topological polar surface area (TPSA) is 91.5 Å². The molecule has 2 rings (SSSR count). The lowest BCUT2D eigenvalue weighted by Gasteiger charge is -2.19. The van der Waals surface area contributed by atoms with E-state index in [1.165, 1.54) is 0 Å². The Balaban J connectivity index is 1.91. The lowest BCUT2D eigenvalue weighted by Crippen LogP contribution is -2.42. The molecular weight excluding hydrogens is 282 g/mol. The third kappa shape index (κ3) is 3.73. The van der Waals surface area contributed by atoms with Gasteiger partial charge in [0.1, 0.15) is 0 Å². The molecule has 0 aromatic carbocycles. The Morgan fingerprint density at radius 2 is 2.14 bits per heavy atom. The molecule has 0 saturated heterocycles. The molecule has 22 heavy (non-hydrogen) atoms. The van der Waals surface area contributed by atoms with Crippen molar-refractivity contribution in [3.8, 4) is 0 Å². The van der Waals surface area contributed by atoms with Gasteiger partial charge in [-0.25, -0.2) is 4.79 Å². The number of nitrogens with one attached hydrogen (secondary N) is 2. The minimum absolute atomic E-state index is 0.151. The van der Waals surface area contributed by atoms with E-state index in [9.17, 15) is 9.90 Å². The lowest BCUT2D eigenvalue weighted by atomic mass is 10.0. The Kier molecular flexibility index (Phi) is 5.32. The highest BCUT2D eigenvalue weighted by atomic mass is 16.3. The first-order valence-corrected chi connectivity index (χ1v) is 7.55. The van der Waals surface area contributed by atoms with Gasteiger partial charge in [0.05, 0.1) is 12.1 Å². The average molecular weight is 305 g/mol. The van der Waals surface area contributed by atoms with Crippen molar-refractivity contribution in [2.75, 3.05) is 6.54 Å². The smallest absolute Gasteiger partial charge is 0.315 e. The van der Waals surface area contributed by atoms with E-state index in [1.54, 1.807) is 0 Å². The molecule has 2 aromatic heterocycles. The Morgan fingerprint density at radius 1 is 1.36 bits per heavy atom. The van der Waals surface area contributed by atoms with Gasteiger partial charge in [-0.05, 0) is 25.0 Å². The van der Waals surface area contributed by atoms with Gasteiger partial charge in [0.2, 0.25) is 0 Å². The minimum Gasteiger partial charge on any atom is -0.391 e. The van der Waals surface area contributed by atoms with Crippen molar-refractivity contribution < 1.29 is 9.90 Å². The molecule has 0 radical (unpaired) electrons. The molecule has 0 aliphatic rings. The first-order valence-electron chi connectivity index (χ1n) is 7.55. The zero-order valence-electron chi connectivity index (χ0n) is 13.2. The van der Waals surface area contributed by atoms with Crippen molar-refractivity contribution >= 4 is 11.7 Å². The molecule has 0 aliphatic carbocycles. The SMILES string of the molecule is CCC(C)C(O)CNC(=O)NC(C)c1nnc2ccccn12. The number of aliphatic hydroxyl groups excluding tert-OH is 1. The van der Waals surface area contributed by atoms with Crippen LogP contribution in [0.2, 0.25) is 0 Å². The van der Waals surface area contributed by atoms with E-state index >= 15 is 0 Å². The molecule has 2 amide bonds. The summed E-state index contributed by atoms with van der Waals surface area (Å²) >= 11 is 0. The number of fused-ring (bicyclic) bond motifs is 1. The number of pyridine rings is 1. The molecule has 0 bridgehead atoms. The molecular formula is C15H23N5O2. The second kappa shape index (κ2) is 7.22. The maximum absolute atomic E-state index is 11.9. The first kappa shape index (κ1) is 16.2. The van der Waals surface area contributed by atoms with Crippen molar-refractivity contribution in [1.82, 2.24) is 25.2 Å². The summed E-state index contributed by atoms with van der Waals surface area (Å²) in [5, 5.41) is 23.5. The fraction of sp³-hybridized carbons (Fsp3) is 0.533. The largest absolute Gasteiger partial charge is 0.391 e. The number of aliphatic hydroxyl groups is 1. The van der Waals surface area contributed by atoms with Crippen molar-refractivity contribution in [3.05, 3.63) is 30.2 Å². The van der Waals surface area contributed by atoms with Gasteiger partial charge in [0.15, 0.2) is 11.5 Å². The molecule has 2 aromatic rings. The van der Waals surface area contributed by atoms with Crippen LogP contribution in [0.15, 0.2) is 24.4 Å². The summed E-state index contributed by atoms with van der Waals surface area (Å²) < 4.78 is 1.83. The zero-order chi connectivity index (χ0) is 16.1. The molecule has 7 heteroatoms. The molecule has 3 unspecified atom stereocenters. The van der Waals surface area contributed by atoms with Crippen LogP contribution in [0.4, 0.5) is 4.79 Å². The van der Waals surface area contributed by atoms with Crippen LogP contribution in [-0.2, 0) is 0 Å². The van der Waals surface area contributed by atoms with Gasteiger partial charge in [-0.1, -0.05) is 26.3 Å². The second-order valence-corrected chi connectivity index (χ2v) is 5.52. The summed E-state index contributed by atoms with van der Waals surface area (Å²) in [5.74, 6) is 0.811.